The van der Waals surface area contributed by atoms with E-state index >= 15 is 0 Å². The highest BCUT2D eigenvalue weighted by Crippen LogP contribution is 2.24. The average Bonchev–Trinajstić information content (AvgIpc) is 2.82. The molecule has 98 valence electrons. The van der Waals surface area contributed by atoms with Crippen LogP contribution in [-0.2, 0) is 4.79 Å². The van der Waals surface area contributed by atoms with Crippen LogP contribution < -0.4 is 5.32 Å². The van der Waals surface area contributed by atoms with E-state index in [4.69, 9.17) is 0 Å². The Morgan fingerprint density at radius 1 is 1.44 bits per heavy atom. The number of halogens is 1. The zero-order valence-electron chi connectivity index (χ0n) is 10.4. The zero-order chi connectivity index (χ0) is 13.1. The highest BCUT2D eigenvalue weighted by atomic mass is 19.1. The van der Waals surface area contributed by atoms with Crippen molar-refractivity contribution in [2.24, 2.45) is 0 Å². The van der Waals surface area contributed by atoms with Gasteiger partial charge in [0, 0.05) is 11.6 Å². The van der Waals surface area contributed by atoms with Gasteiger partial charge in [-0.05, 0) is 25.8 Å². The molecule has 2 rings (SSSR count). The quantitative estimate of drug-likeness (QED) is 0.865. The van der Waals surface area contributed by atoms with Crippen molar-refractivity contribution in [3.8, 4) is 0 Å². The maximum absolute atomic E-state index is 13.8. The average molecular weight is 251 g/mol. The van der Waals surface area contributed by atoms with E-state index in [1.165, 1.54) is 6.07 Å². The first kappa shape index (κ1) is 13.0. The number of carboxylic acids is 1. The Labute approximate surface area is 106 Å². The first-order chi connectivity index (χ1) is 8.58. The molecule has 1 aliphatic carbocycles. The van der Waals surface area contributed by atoms with E-state index in [-0.39, 0.29) is 11.6 Å². The number of benzene rings is 1. The molecule has 0 amide bonds. The Morgan fingerprint density at radius 2 is 2.11 bits per heavy atom. The third-order valence-corrected chi connectivity index (χ3v) is 3.47. The van der Waals surface area contributed by atoms with Gasteiger partial charge in [0.25, 0.3) is 0 Å². The summed E-state index contributed by atoms with van der Waals surface area (Å²) < 4.78 is 13.8. The van der Waals surface area contributed by atoms with Crippen LogP contribution in [0.25, 0.3) is 0 Å². The van der Waals surface area contributed by atoms with Gasteiger partial charge < -0.3 is 5.11 Å². The van der Waals surface area contributed by atoms with Gasteiger partial charge in [0.1, 0.15) is 11.9 Å². The highest BCUT2D eigenvalue weighted by molar-refractivity contribution is 5.75. The predicted molar refractivity (Wildman–Crippen MR) is 66.9 cm³/mol. The Morgan fingerprint density at radius 3 is 2.72 bits per heavy atom. The SMILES string of the molecule is Cc1ccc(F)c(C(NC2CCCC2)C(=O)O)c1. The second kappa shape index (κ2) is 5.48. The minimum Gasteiger partial charge on any atom is -0.480 e. The lowest BCUT2D eigenvalue weighted by atomic mass is 10.0. The Kier molecular flexibility index (Phi) is 3.97. The van der Waals surface area contributed by atoms with Crippen molar-refractivity contribution < 1.29 is 14.3 Å². The molecule has 0 heterocycles. The minimum absolute atomic E-state index is 0.186. The molecule has 3 nitrogen and oxygen atoms in total. The summed E-state index contributed by atoms with van der Waals surface area (Å²) in [4.78, 5) is 11.3. The monoisotopic (exact) mass is 251 g/mol. The van der Waals surface area contributed by atoms with Gasteiger partial charge in [0.2, 0.25) is 0 Å². The molecule has 0 aliphatic heterocycles. The molecule has 1 atom stereocenters. The van der Waals surface area contributed by atoms with Crippen LogP contribution in [0.1, 0.15) is 42.9 Å². The van der Waals surface area contributed by atoms with E-state index in [1.54, 1.807) is 12.1 Å². The van der Waals surface area contributed by atoms with Crippen LogP contribution in [0.2, 0.25) is 0 Å². The fraction of sp³-hybridized carbons (Fsp3) is 0.500. The number of aliphatic carboxylic acids is 1. The molecule has 1 saturated carbocycles. The first-order valence-electron chi connectivity index (χ1n) is 6.33. The van der Waals surface area contributed by atoms with Crippen LogP contribution in [0.3, 0.4) is 0 Å². The summed E-state index contributed by atoms with van der Waals surface area (Å²) in [5, 5.41) is 12.3. The van der Waals surface area contributed by atoms with Crippen molar-refractivity contribution >= 4 is 5.97 Å². The summed E-state index contributed by atoms with van der Waals surface area (Å²) in [6.07, 6.45) is 4.16. The molecule has 1 aromatic carbocycles. The number of carboxylic acid groups (broad SMARTS) is 1. The van der Waals surface area contributed by atoms with Gasteiger partial charge in [-0.2, -0.15) is 0 Å². The first-order valence-corrected chi connectivity index (χ1v) is 6.33. The van der Waals surface area contributed by atoms with Crippen molar-refractivity contribution in [3.63, 3.8) is 0 Å². The van der Waals surface area contributed by atoms with Crippen molar-refractivity contribution in [2.75, 3.05) is 0 Å². The predicted octanol–water partition coefficient (Wildman–Crippen LogP) is 2.79. The molecule has 2 N–H and O–H groups in total. The number of nitrogens with one attached hydrogen (secondary N) is 1. The molecular weight excluding hydrogens is 233 g/mol. The number of hydrogen-bond acceptors (Lipinski definition) is 2. The fourth-order valence-electron chi connectivity index (χ4n) is 2.51. The van der Waals surface area contributed by atoms with E-state index in [1.807, 2.05) is 6.92 Å². The van der Waals surface area contributed by atoms with Gasteiger partial charge in [-0.25, -0.2) is 4.39 Å². The lowest BCUT2D eigenvalue weighted by Gasteiger charge is -2.20. The Hall–Kier alpha value is -1.42. The van der Waals surface area contributed by atoms with Crippen molar-refractivity contribution in [2.45, 2.75) is 44.7 Å². The van der Waals surface area contributed by atoms with E-state index in [2.05, 4.69) is 5.32 Å². The highest BCUT2D eigenvalue weighted by Gasteiger charge is 2.27. The largest absolute Gasteiger partial charge is 0.480 e. The summed E-state index contributed by atoms with van der Waals surface area (Å²) in [5.41, 5.74) is 1.10. The molecule has 0 spiro atoms. The lowest BCUT2D eigenvalue weighted by molar-refractivity contribution is -0.140. The van der Waals surface area contributed by atoms with Gasteiger partial charge in [-0.3, -0.25) is 10.1 Å². The van der Waals surface area contributed by atoms with Crippen LogP contribution in [0.5, 0.6) is 0 Å². The molecule has 1 unspecified atom stereocenters. The normalized spacial score (nSPS) is 17.9. The maximum Gasteiger partial charge on any atom is 0.325 e. The summed E-state index contributed by atoms with van der Waals surface area (Å²) in [5.74, 6) is -1.48. The van der Waals surface area contributed by atoms with Gasteiger partial charge in [0.15, 0.2) is 0 Å². The topological polar surface area (TPSA) is 49.3 Å². The van der Waals surface area contributed by atoms with Crippen LogP contribution in [0, 0.1) is 12.7 Å². The van der Waals surface area contributed by atoms with Crippen LogP contribution in [-0.4, -0.2) is 17.1 Å². The Balaban J connectivity index is 2.23. The van der Waals surface area contributed by atoms with E-state index < -0.39 is 17.8 Å². The van der Waals surface area contributed by atoms with Crippen molar-refractivity contribution in [3.05, 3.63) is 35.1 Å². The fourth-order valence-corrected chi connectivity index (χ4v) is 2.51. The van der Waals surface area contributed by atoms with Crippen LogP contribution in [0.15, 0.2) is 18.2 Å². The van der Waals surface area contributed by atoms with E-state index in [0.717, 1.165) is 31.2 Å². The molecule has 0 saturated heterocycles. The number of carbonyl (C=O) groups is 1. The van der Waals surface area contributed by atoms with Gasteiger partial charge in [-0.15, -0.1) is 0 Å². The second-order valence-electron chi connectivity index (χ2n) is 4.94. The summed E-state index contributed by atoms with van der Waals surface area (Å²) in [7, 11) is 0. The van der Waals surface area contributed by atoms with Gasteiger partial charge in [0.05, 0.1) is 0 Å². The second-order valence-corrected chi connectivity index (χ2v) is 4.94. The van der Waals surface area contributed by atoms with Crippen molar-refractivity contribution in [1.82, 2.24) is 5.32 Å². The molecular formula is C14H18FNO2. The minimum atomic E-state index is -1.02. The molecule has 18 heavy (non-hydrogen) atoms. The smallest absolute Gasteiger partial charge is 0.325 e. The lowest BCUT2D eigenvalue weighted by Crippen LogP contribution is -2.36. The molecule has 1 fully saturated rings. The summed E-state index contributed by atoms with van der Waals surface area (Å²) in [6, 6.07) is 3.82. The van der Waals surface area contributed by atoms with E-state index in [0.29, 0.717) is 0 Å². The third kappa shape index (κ3) is 2.88. The van der Waals surface area contributed by atoms with Crippen LogP contribution in [0.4, 0.5) is 4.39 Å². The molecule has 0 bridgehead atoms. The van der Waals surface area contributed by atoms with Crippen molar-refractivity contribution in [1.29, 1.82) is 0 Å². The number of rotatable bonds is 4. The zero-order valence-corrected chi connectivity index (χ0v) is 10.4. The maximum atomic E-state index is 13.8. The molecule has 0 aromatic heterocycles. The number of aryl methyl sites for hydroxylation is 1. The molecule has 1 aromatic rings. The van der Waals surface area contributed by atoms with Gasteiger partial charge in [-0.1, -0.05) is 30.5 Å². The Bertz CT molecular complexity index is 441. The molecule has 4 heteroatoms. The standard InChI is InChI=1S/C14H18FNO2/c1-9-6-7-12(15)11(8-9)13(14(17)18)16-10-4-2-3-5-10/h6-8,10,13,16H,2-5H2,1H3,(H,17,18). The molecule has 0 radical (unpaired) electrons. The third-order valence-electron chi connectivity index (χ3n) is 3.47. The number of hydrogen-bond donors (Lipinski definition) is 2. The van der Waals surface area contributed by atoms with Crippen LogP contribution >= 0.6 is 0 Å². The summed E-state index contributed by atoms with van der Waals surface area (Å²) in [6.45, 7) is 1.83. The van der Waals surface area contributed by atoms with E-state index in [9.17, 15) is 14.3 Å². The summed E-state index contributed by atoms with van der Waals surface area (Å²) >= 11 is 0. The van der Waals surface area contributed by atoms with Gasteiger partial charge >= 0.3 is 5.97 Å². The molecule has 1 aliphatic rings.